The van der Waals surface area contributed by atoms with Crippen LogP contribution in [0.1, 0.15) is 18.3 Å². The molecular weight excluding hydrogens is 332 g/mol. The Morgan fingerprint density at radius 3 is 2.71 bits per heavy atom. The van der Waals surface area contributed by atoms with Gasteiger partial charge in [-0.3, -0.25) is 0 Å². The third-order valence-corrected chi connectivity index (χ3v) is 3.91. The summed E-state index contributed by atoms with van der Waals surface area (Å²) >= 11 is 3.59. The van der Waals surface area contributed by atoms with Crippen LogP contribution >= 0.6 is 15.9 Å². The number of halogens is 1. The first-order chi connectivity index (χ1) is 10.1. The lowest BCUT2D eigenvalue weighted by Gasteiger charge is -2.12. The largest absolute Gasteiger partial charge is 0.377 e. The van der Waals surface area contributed by atoms with Gasteiger partial charge in [-0.25, -0.2) is 9.97 Å². The van der Waals surface area contributed by atoms with Crippen molar-refractivity contribution in [1.29, 1.82) is 0 Å². The van der Waals surface area contributed by atoms with Crippen molar-refractivity contribution in [2.45, 2.75) is 20.5 Å². The summed E-state index contributed by atoms with van der Waals surface area (Å²) in [5.41, 5.74) is 2.14. The van der Waals surface area contributed by atoms with Gasteiger partial charge in [-0.15, -0.1) is 0 Å². The Bertz CT molecular complexity index is 594. The summed E-state index contributed by atoms with van der Waals surface area (Å²) in [6.07, 6.45) is 0. The molecule has 0 aliphatic carbocycles. The molecular formula is C15H19BrN4O. The highest BCUT2D eigenvalue weighted by Crippen LogP contribution is 2.28. The maximum absolute atomic E-state index is 5.12. The number of benzene rings is 1. The van der Waals surface area contributed by atoms with E-state index < -0.39 is 0 Å². The number of hydrogen-bond acceptors (Lipinski definition) is 5. The molecule has 0 aliphatic rings. The normalized spacial score (nSPS) is 10.5. The van der Waals surface area contributed by atoms with Gasteiger partial charge in [0.2, 0.25) is 0 Å². The second-order valence-electron chi connectivity index (χ2n) is 4.58. The van der Waals surface area contributed by atoms with E-state index in [2.05, 4.69) is 49.5 Å². The summed E-state index contributed by atoms with van der Waals surface area (Å²) in [5, 5.41) is 6.52. The fourth-order valence-electron chi connectivity index (χ4n) is 1.91. The molecule has 112 valence electrons. The van der Waals surface area contributed by atoms with Crippen molar-refractivity contribution in [2.75, 3.05) is 24.3 Å². The van der Waals surface area contributed by atoms with E-state index in [0.717, 1.165) is 33.9 Å². The van der Waals surface area contributed by atoms with E-state index in [1.54, 1.807) is 7.11 Å². The Balaban J connectivity index is 2.31. The van der Waals surface area contributed by atoms with Crippen LogP contribution in [-0.2, 0) is 11.3 Å². The summed E-state index contributed by atoms with van der Waals surface area (Å²) < 4.78 is 6.15. The van der Waals surface area contributed by atoms with Crippen LogP contribution in [0.4, 0.5) is 17.3 Å². The lowest BCUT2D eigenvalue weighted by molar-refractivity contribution is 0.178. The predicted molar refractivity (Wildman–Crippen MR) is 89.1 cm³/mol. The fraction of sp³-hybridized carbons (Fsp3) is 0.333. The quantitative estimate of drug-likeness (QED) is 0.827. The molecule has 0 spiro atoms. The average molecular weight is 351 g/mol. The van der Waals surface area contributed by atoms with Gasteiger partial charge in [-0.1, -0.05) is 12.1 Å². The molecule has 2 aromatic rings. The van der Waals surface area contributed by atoms with Crippen LogP contribution in [0.5, 0.6) is 0 Å². The molecule has 1 heterocycles. The van der Waals surface area contributed by atoms with Crippen molar-refractivity contribution >= 4 is 33.3 Å². The number of methoxy groups -OCH3 is 1. The first-order valence-electron chi connectivity index (χ1n) is 6.77. The Kier molecular flexibility index (Phi) is 5.52. The number of nitrogens with one attached hydrogen (secondary N) is 2. The zero-order valence-corrected chi connectivity index (χ0v) is 14.0. The number of hydrogen-bond donors (Lipinski definition) is 2. The van der Waals surface area contributed by atoms with Crippen molar-refractivity contribution in [2.24, 2.45) is 0 Å². The monoisotopic (exact) mass is 350 g/mol. The predicted octanol–water partition coefficient (Wildman–Crippen LogP) is 3.87. The molecule has 1 aromatic heterocycles. The fourth-order valence-corrected chi connectivity index (χ4v) is 2.27. The molecule has 0 bridgehead atoms. The van der Waals surface area contributed by atoms with Crippen LogP contribution < -0.4 is 10.6 Å². The number of nitrogens with zero attached hydrogens (tertiary/aromatic N) is 2. The Morgan fingerprint density at radius 2 is 2.00 bits per heavy atom. The maximum atomic E-state index is 5.12. The molecule has 0 amide bonds. The highest BCUT2D eigenvalue weighted by Gasteiger charge is 2.07. The van der Waals surface area contributed by atoms with Gasteiger partial charge >= 0.3 is 0 Å². The maximum Gasteiger partial charge on any atom is 0.158 e. The van der Waals surface area contributed by atoms with Crippen molar-refractivity contribution in [3.05, 3.63) is 40.1 Å². The van der Waals surface area contributed by atoms with E-state index in [-0.39, 0.29) is 0 Å². The van der Waals surface area contributed by atoms with Crippen LogP contribution in [0.15, 0.2) is 28.7 Å². The van der Waals surface area contributed by atoms with Crippen LogP contribution in [0.25, 0.3) is 0 Å². The van der Waals surface area contributed by atoms with Crippen LogP contribution in [-0.4, -0.2) is 23.6 Å². The number of aromatic nitrogens is 2. The topological polar surface area (TPSA) is 59.1 Å². The molecule has 5 nitrogen and oxygen atoms in total. The standard InChI is InChI=1S/C15H19BrN4O/c1-4-17-12-8-13(20-14(19-12)9-21-3)18-11-7-5-6-10(2)15(11)16/h5-8H,4,9H2,1-3H3,(H2,17,18,19,20). The summed E-state index contributed by atoms with van der Waals surface area (Å²) in [4.78, 5) is 8.86. The highest BCUT2D eigenvalue weighted by atomic mass is 79.9. The first-order valence-corrected chi connectivity index (χ1v) is 7.56. The molecule has 0 atom stereocenters. The van der Waals surface area contributed by atoms with E-state index in [0.29, 0.717) is 12.4 Å². The minimum absolute atomic E-state index is 0.378. The van der Waals surface area contributed by atoms with Gasteiger partial charge in [-0.05, 0) is 41.4 Å². The van der Waals surface area contributed by atoms with Gasteiger partial charge in [0, 0.05) is 24.2 Å². The third kappa shape index (κ3) is 4.15. The van der Waals surface area contributed by atoms with Crippen molar-refractivity contribution in [3.8, 4) is 0 Å². The van der Waals surface area contributed by atoms with E-state index >= 15 is 0 Å². The van der Waals surface area contributed by atoms with Gasteiger partial charge in [-0.2, -0.15) is 0 Å². The van der Waals surface area contributed by atoms with E-state index in [9.17, 15) is 0 Å². The van der Waals surface area contributed by atoms with E-state index in [1.807, 2.05) is 25.1 Å². The second-order valence-corrected chi connectivity index (χ2v) is 5.37. The smallest absolute Gasteiger partial charge is 0.158 e. The molecule has 0 unspecified atom stereocenters. The summed E-state index contributed by atoms with van der Waals surface area (Å²) in [6, 6.07) is 7.94. The SMILES string of the molecule is CCNc1cc(Nc2cccc(C)c2Br)nc(COC)n1. The number of aryl methyl sites for hydroxylation is 1. The van der Waals surface area contributed by atoms with Crippen molar-refractivity contribution in [3.63, 3.8) is 0 Å². The third-order valence-electron chi connectivity index (χ3n) is 2.86. The van der Waals surface area contributed by atoms with Gasteiger partial charge in [0.15, 0.2) is 5.82 Å². The van der Waals surface area contributed by atoms with E-state index in [1.165, 1.54) is 0 Å². The summed E-state index contributed by atoms with van der Waals surface area (Å²) in [7, 11) is 1.63. The number of ether oxygens (including phenoxy) is 1. The second kappa shape index (κ2) is 7.38. The molecule has 0 radical (unpaired) electrons. The highest BCUT2D eigenvalue weighted by molar-refractivity contribution is 9.10. The number of anilines is 3. The molecule has 2 rings (SSSR count). The van der Waals surface area contributed by atoms with E-state index in [4.69, 9.17) is 4.74 Å². The van der Waals surface area contributed by atoms with Gasteiger partial charge in [0.25, 0.3) is 0 Å². The lowest BCUT2D eigenvalue weighted by Crippen LogP contribution is -2.07. The molecule has 1 aromatic carbocycles. The zero-order valence-electron chi connectivity index (χ0n) is 12.4. The molecule has 0 aliphatic heterocycles. The number of rotatable bonds is 6. The Hall–Kier alpha value is -1.66. The van der Waals surface area contributed by atoms with Crippen LogP contribution in [0.2, 0.25) is 0 Å². The first kappa shape index (κ1) is 15.7. The molecule has 0 saturated heterocycles. The molecule has 6 heteroatoms. The molecule has 2 N–H and O–H groups in total. The lowest BCUT2D eigenvalue weighted by atomic mass is 10.2. The van der Waals surface area contributed by atoms with Crippen molar-refractivity contribution < 1.29 is 4.74 Å². The molecule has 0 saturated carbocycles. The van der Waals surface area contributed by atoms with Crippen molar-refractivity contribution in [1.82, 2.24) is 9.97 Å². The van der Waals surface area contributed by atoms with Gasteiger partial charge < -0.3 is 15.4 Å². The zero-order chi connectivity index (χ0) is 15.2. The summed E-state index contributed by atoms with van der Waals surface area (Å²) in [6.45, 7) is 5.26. The van der Waals surface area contributed by atoms with Crippen LogP contribution in [0.3, 0.4) is 0 Å². The summed E-state index contributed by atoms with van der Waals surface area (Å²) in [5.74, 6) is 2.16. The van der Waals surface area contributed by atoms with Gasteiger partial charge in [0.05, 0.1) is 5.69 Å². The minimum Gasteiger partial charge on any atom is -0.377 e. The Morgan fingerprint density at radius 1 is 1.24 bits per heavy atom. The average Bonchev–Trinajstić information content (AvgIpc) is 2.44. The molecule has 0 fully saturated rings. The molecule has 21 heavy (non-hydrogen) atoms. The Labute approximate surface area is 133 Å². The minimum atomic E-state index is 0.378. The van der Waals surface area contributed by atoms with Gasteiger partial charge in [0.1, 0.15) is 18.2 Å². The van der Waals surface area contributed by atoms with Crippen LogP contribution in [0, 0.1) is 6.92 Å².